The van der Waals surface area contributed by atoms with Gasteiger partial charge in [-0.05, 0) is 45.3 Å². The summed E-state index contributed by atoms with van der Waals surface area (Å²) in [4.78, 5) is 5.27. The molecule has 0 amide bonds. The Bertz CT molecular complexity index is 169. The summed E-state index contributed by atoms with van der Waals surface area (Å²) >= 11 is 3.61. The van der Waals surface area contributed by atoms with Crippen molar-refractivity contribution in [2.24, 2.45) is 0 Å². The molecule has 3 heteroatoms. The van der Waals surface area contributed by atoms with Crippen LogP contribution in [0.1, 0.15) is 25.7 Å². The van der Waals surface area contributed by atoms with Crippen LogP contribution in [0.5, 0.6) is 0 Å². The molecule has 0 aromatic rings. The lowest BCUT2D eigenvalue weighted by molar-refractivity contribution is 0.223. The van der Waals surface area contributed by atoms with E-state index in [2.05, 4.69) is 25.7 Å². The largest absolute Gasteiger partial charge is 0.302 e. The van der Waals surface area contributed by atoms with E-state index in [0.717, 1.165) is 11.4 Å². The van der Waals surface area contributed by atoms with Crippen molar-refractivity contribution in [3.63, 3.8) is 0 Å². The Morgan fingerprint density at radius 1 is 1.00 bits per heavy atom. The van der Waals surface area contributed by atoms with Gasteiger partial charge in [-0.3, -0.25) is 4.90 Å². The number of rotatable bonds is 4. The zero-order chi connectivity index (χ0) is 9.80. The van der Waals surface area contributed by atoms with Crippen LogP contribution in [0.15, 0.2) is 0 Å². The van der Waals surface area contributed by atoms with E-state index in [1.807, 2.05) is 0 Å². The van der Waals surface area contributed by atoms with Crippen LogP contribution < -0.4 is 0 Å². The third-order valence-corrected chi connectivity index (χ3v) is 4.33. The van der Waals surface area contributed by atoms with Gasteiger partial charge in [-0.15, -0.1) is 0 Å². The second kappa shape index (κ2) is 5.47. The van der Waals surface area contributed by atoms with E-state index in [4.69, 9.17) is 0 Å². The molecule has 14 heavy (non-hydrogen) atoms. The van der Waals surface area contributed by atoms with Gasteiger partial charge in [0.05, 0.1) is 0 Å². The highest BCUT2D eigenvalue weighted by molar-refractivity contribution is 9.09. The highest BCUT2D eigenvalue weighted by Gasteiger charge is 2.23. The first-order valence-corrected chi connectivity index (χ1v) is 7.04. The third-order valence-electron chi connectivity index (χ3n) is 3.58. The van der Waals surface area contributed by atoms with Gasteiger partial charge in [0.15, 0.2) is 0 Å². The molecule has 0 bridgehead atoms. The van der Waals surface area contributed by atoms with Crippen molar-refractivity contribution in [1.29, 1.82) is 0 Å². The first-order chi connectivity index (χ1) is 6.90. The maximum absolute atomic E-state index is 3.61. The number of nitrogens with zero attached hydrogens (tertiary/aromatic N) is 2. The number of likely N-dealkylation sites (tertiary alicyclic amines) is 2. The zero-order valence-corrected chi connectivity index (χ0v) is 10.5. The van der Waals surface area contributed by atoms with E-state index in [9.17, 15) is 0 Å². The number of hydrogen-bond donors (Lipinski definition) is 0. The Hall–Kier alpha value is 0.400. The average Bonchev–Trinajstić information content (AvgIpc) is 2.85. The molecule has 0 aromatic heterocycles. The van der Waals surface area contributed by atoms with Gasteiger partial charge in [0.25, 0.3) is 0 Å². The average molecular weight is 261 g/mol. The molecule has 0 radical (unpaired) electrons. The summed E-state index contributed by atoms with van der Waals surface area (Å²) in [6, 6.07) is 0.817. The Kier molecular flexibility index (Phi) is 4.26. The normalized spacial score (nSPS) is 30.2. The second-order valence-corrected chi connectivity index (χ2v) is 5.18. The molecular weight excluding hydrogens is 240 g/mol. The van der Waals surface area contributed by atoms with Crippen LogP contribution in [-0.2, 0) is 0 Å². The lowest BCUT2D eigenvalue weighted by Gasteiger charge is -2.25. The molecule has 2 rings (SSSR count). The van der Waals surface area contributed by atoms with Crippen molar-refractivity contribution in [3.05, 3.63) is 0 Å². The molecule has 2 aliphatic rings. The lowest BCUT2D eigenvalue weighted by atomic mass is 10.2. The van der Waals surface area contributed by atoms with Crippen LogP contribution in [0.3, 0.4) is 0 Å². The summed E-state index contributed by atoms with van der Waals surface area (Å²) in [5.74, 6) is 0. The number of hydrogen-bond acceptors (Lipinski definition) is 2. The van der Waals surface area contributed by atoms with Gasteiger partial charge in [0, 0.05) is 24.5 Å². The van der Waals surface area contributed by atoms with Crippen LogP contribution in [0.2, 0.25) is 0 Å². The van der Waals surface area contributed by atoms with E-state index in [0.29, 0.717) is 0 Å². The van der Waals surface area contributed by atoms with Crippen LogP contribution in [-0.4, -0.2) is 53.9 Å². The van der Waals surface area contributed by atoms with Crippen LogP contribution in [0.4, 0.5) is 0 Å². The third kappa shape index (κ3) is 2.71. The molecule has 82 valence electrons. The standard InChI is InChI=1S/C11H21BrN2/c12-10-11-4-3-7-14(11)9-8-13-5-1-2-6-13/h11H,1-10H2. The number of alkyl halides is 1. The molecule has 0 aliphatic carbocycles. The first kappa shape index (κ1) is 10.9. The van der Waals surface area contributed by atoms with Crippen molar-refractivity contribution in [1.82, 2.24) is 9.80 Å². The Morgan fingerprint density at radius 2 is 1.79 bits per heavy atom. The minimum absolute atomic E-state index is 0.817. The van der Waals surface area contributed by atoms with Gasteiger partial charge in [-0.25, -0.2) is 0 Å². The summed E-state index contributed by atoms with van der Waals surface area (Å²) < 4.78 is 0. The smallest absolute Gasteiger partial charge is 0.0193 e. The van der Waals surface area contributed by atoms with Gasteiger partial charge in [-0.1, -0.05) is 15.9 Å². The van der Waals surface area contributed by atoms with Gasteiger partial charge < -0.3 is 4.90 Å². The highest BCUT2D eigenvalue weighted by atomic mass is 79.9. The molecule has 1 atom stereocenters. The van der Waals surface area contributed by atoms with Crippen molar-refractivity contribution >= 4 is 15.9 Å². The molecule has 0 saturated carbocycles. The van der Waals surface area contributed by atoms with Crippen molar-refractivity contribution in [2.75, 3.05) is 38.1 Å². The van der Waals surface area contributed by atoms with E-state index in [-0.39, 0.29) is 0 Å². The number of halogens is 1. The molecule has 0 spiro atoms. The maximum Gasteiger partial charge on any atom is 0.0193 e. The van der Waals surface area contributed by atoms with E-state index in [1.165, 1.54) is 58.4 Å². The highest BCUT2D eigenvalue weighted by Crippen LogP contribution is 2.18. The van der Waals surface area contributed by atoms with E-state index < -0.39 is 0 Å². The quantitative estimate of drug-likeness (QED) is 0.714. The molecule has 2 saturated heterocycles. The van der Waals surface area contributed by atoms with Crippen LogP contribution >= 0.6 is 15.9 Å². The van der Waals surface area contributed by atoms with Crippen molar-refractivity contribution < 1.29 is 0 Å². The fourth-order valence-corrected chi connectivity index (χ4v) is 3.37. The summed E-state index contributed by atoms with van der Waals surface area (Å²) in [5, 5.41) is 1.16. The van der Waals surface area contributed by atoms with Crippen molar-refractivity contribution in [2.45, 2.75) is 31.7 Å². The molecule has 2 heterocycles. The molecule has 2 aliphatic heterocycles. The SMILES string of the molecule is BrCC1CCCN1CCN1CCCC1. The van der Waals surface area contributed by atoms with E-state index in [1.54, 1.807) is 0 Å². The molecule has 2 nitrogen and oxygen atoms in total. The fraction of sp³-hybridized carbons (Fsp3) is 1.00. The molecule has 1 unspecified atom stereocenters. The molecule has 2 fully saturated rings. The predicted octanol–water partition coefficient (Wildman–Crippen LogP) is 1.94. The fourth-order valence-electron chi connectivity index (χ4n) is 2.64. The Labute approximate surface area is 95.8 Å². The van der Waals surface area contributed by atoms with E-state index >= 15 is 0 Å². The van der Waals surface area contributed by atoms with Crippen molar-refractivity contribution in [3.8, 4) is 0 Å². The van der Waals surface area contributed by atoms with Gasteiger partial charge in [0.2, 0.25) is 0 Å². The predicted molar refractivity (Wildman–Crippen MR) is 64.1 cm³/mol. The van der Waals surface area contributed by atoms with Crippen LogP contribution in [0, 0.1) is 0 Å². The molecular formula is C11H21BrN2. The Morgan fingerprint density at radius 3 is 2.50 bits per heavy atom. The zero-order valence-electron chi connectivity index (χ0n) is 8.92. The minimum Gasteiger partial charge on any atom is -0.302 e. The second-order valence-electron chi connectivity index (χ2n) is 4.54. The maximum atomic E-state index is 3.61. The summed E-state index contributed by atoms with van der Waals surface area (Å²) in [6.07, 6.45) is 5.63. The summed E-state index contributed by atoms with van der Waals surface area (Å²) in [6.45, 7) is 6.59. The van der Waals surface area contributed by atoms with Crippen LogP contribution in [0.25, 0.3) is 0 Å². The minimum atomic E-state index is 0.817. The van der Waals surface area contributed by atoms with Gasteiger partial charge >= 0.3 is 0 Å². The molecule has 0 aromatic carbocycles. The molecule has 0 N–H and O–H groups in total. The lowest BCUT2D eigenvalue weighted by Crippen LogP contribution is -2.37. The van der Waals surface area contributed by atoms with Gasteiger partial charge in [-0.2, -0.15) is 0 Å². The first-order valence-electron chi connectivity index (χ1n) is 5.92. The summed E-state index contributed by atoms with van der Waals surface area (Å²) in [7, 11) is 0. The van der Waals surface area contributed by atoms with Gasteiger partial charge in [0.1, 0.15) is 0 Å². The summed E-state index contributed by atoms with van der Waals surface area (Å²) in [5.41, 5.74) is 0. The monoisotopic (exact) mass is 260 g/mol. The topological polar surface area (TPSA) is 6.48 Å². The Balaban J connectivity index is 1.68.